The highest BCUT2D eigenvalue weighted by molar-refractivity contribution is 5.87. The molecule has 0 bridgehead atoms. The first-order chi connectivity index (χ1) is 20.1. The lowest BCUT2D eigenvalue weighted by Gasteiger charge is -2.41. The van der Waals surface area contributed by atoms with E-state index >= 15 is 0 Å². The van der Waals surface area contributed by atoms with Crippen LogP contribution in [0.3, 0.4) is 0 Å². The fourth-order valence-electron chi connectivity index (χ4n) is 5.89. The number of esters is 1. The van der Waals surface area contributed by atoms with Gasteiger partial charge in [0.1, 0.15) is 18.2 Å². The van der Waals surface area contributed by atoms with Gasteiger partial charge in [0.25, 0.3) is 0 Å². The molecule has 0 unspecified atom stereocenters. The molecule has 2 aromatic rings. The summed E-state index contributed by atoms with van der Waals surface area (Å²) >= 11 is 0. The quantitative estimate of drug-likeness (QED) is 0.296. The minimum Gasteiger partial charge on any atom is -0.460 e. The van der Waals surface area contributed by atoms with Crippen molar-refractivity contribution >= 4 is 18.0 Å². The third-order valence-corrected chi connectivity index (χ3v) is 8.21. The van der Waals surface area contributed by atoms with Crippen molar-refractivity contribution in [2.24, 2.45) is 11.3 Å². The van der Waals surface area contributed by atoms with Gasteiger partial charge in [0.15, 0.2) is 0 Å². The lowest BCUT2D eigenvalue weighted by molar-refractivity contribution is -0.161. The largest absolute Gasteiger partial charge is 0.460 e. The van der Waals surface area contributed by atoms with E-state index < -0.39 is 41.3 Å². The number of carbonyl (C=O) groups excluding carboxylic acids is 3. The second kappa shape index (κ2) is 13.9. The van der Waals surface area contributed by atoms with Crippen molar-refractivity contribution in [3.63, 3.8) is 0 Å². The Kier molecular flexibility index (Phi) is 11.0. The average Bonchev–Trinajstić information content (AvgIpc) is 3.25. The molecular weight excluding hydrogens is 544 g/mol. The van der Waals surface area contributed by atoms with Gasteiger partial charge in [-0.05, 0) is 54.4 Å². The first kappa shape index (κ1) is 34.1. The number of likely N-dealkylation sites (N-methyl/N-ethyl adjacent to an activating group) is 1. The van der Waals surface area contributed by atoms with Gasteiger partial charge in [-0.2, -0.15) is 0 Å². The molecule has 8 heteroatoms. The number of amides is 2. The van der Waals surface area contributed by atoms with Crippen LogP contribution < -0.4 is 5.32 Å². The first-order valence-corrected chi connectivity index (χ1v) is 15.2. The minimum absolute atomic E-state index is 0.000385. The van der Waals surface area contributed by atoms with Gasteiger partial charge in [-0.3, -0.25) is 9.59 Å². The van der Waals surface area contributed by atoms with Crippen LogP contribution in [-0.4, -0.2) is 67.4 Å². The van der Waals surface area contributed by atoms with Crippen LogP contribution >= 0.6 is 0 Å². The highest BCUT2D eigenvalue weighted by Crippen LogP contribution is 2.44. The molecule has 4 atom stereocenters. The third kappa shape index (κ3) is 8.37. The predicted molar refractivity (Wildman–Crippen MR) is 169 cm³/mol. The molecular formula is C35H50N2O6. The van der Waals surface area contributed by atoms with Gasteiger partial charge in [0, 0.05) is 20.1 Å². The van der Waals surface area contributed by atoms with Crippen molar-refractivity contribution in [2.45, 2.75) is 97.9 Å². The van der Waals surface area contributed by atoms with Gasteiger partial charge in [0.2, 0.25) is 5.91 Å². The number of fused-ring (bicyclic) bond motifs is 3. The molecule has 0 fully saturated rings. The number of hydrogen-bond acceptors (Lipinski definition) is 6. The molecule has 0 saturated carbocycles. The average molecular weight is 595 g/mol. The molecule has 1 aliphatic rings. The second-order valence-electron chi connectivity index (χ2n) is 13.7. The third-order valence-electron chi connectivity index (χ3n) is 8.21. The molecule has 2 amide bonds. The number of hydrogen-bond donors (Lipinski definition) is 1. The van der Waals surface area contributed by atoms with Crippen molar-refractivity contribution < 1.29 is 28.6 Å². The molecule has 0 aliphatic heterocycles. The monoisotopic (exact) mass is 594 g/mol. The van der Waals surface area contributed by atoms with Crippen molar-refractivity contribution in [3.8, 4) is 11.1 Å². The summed E-state index contributed by atoms with van der Waals surface area (Å²) in [6.45, 7) is 15.4. The fraction of sp³-hybridized carbons (Fsp3) is 0.571. The second-order valence-corrected chi connectivity index (χ2v) is 13.7. The maximum absolute atomic E-state index is 14.1. The van der Waals surface area contributed by atoms with E-state index in [9.17, 15) is 14.4 Å². The van der Waals surface area contributed by atoms with Gasteiger partial charge in [-0.25, -0.2) is 4.79 Å². The summed E-state index contributed by atoms with van der Waals surface area (Å²) in [5, 5.41) is 2.87. The van der Waals surface area contributed by atoms with Crippen molar-refractivity contribution in [3.05, 3.63) is 59.7 Å². The molecule has 1 aliphatic carbocycles. The van der Waals surface area contributed by atoms with Crippen LogP contribution in [0.4, 0.5) is 4.79 Å². The lowest BCUT2D eigenvalue weighted by atomic mass is 9.84. The van der Waals surface area contributed by atoms with Crippen LogP contribution in [0.25, 0.3) is 11.1 Å². The smallest absolute Gasteiger partial charge is 0.407 e. The van der Waals surface area contributed by atoms with Gasteiger partial charge in [-0.1, -0.05) is 89.6 Å². The van der Waals surface area contributed by atoms with Crippen LogP contribution in [0, 0.1) is 11.3 Å². The van der Waals surface area contributed by atoms with E-state index in [-0.39, 0.29) is 30.8 Å². The Morgan fingerprint density at radius 3 is 1.93 bits per heavy atom. The number of rotatable bonds is 11. The van der Waals surface area contributed by atoms with E-state index in [0.717, 1.165) is 28.7 Å². The first-order valence-electron chi connectivity index (χ1n) is 15.2. The highest BCUT2D eigenvalue weighted by Gasteiger charge is 2.41. The topological polar surface area (TPSA) is 94.2 Å². The summed E-state index contributed by atoms with van der Waals surface area (Å²) in [4.78, 5) is 41.7. The lowest BCUT2D eigenvalue weighted by Crippen LogP contribution is -2.59. The van der Waals surface area contributed by atoms with E-state index in [1.165, 1.54) is 0 Å². The Hall–Kier alpha value is -3.39. The Balaban J connectivity index is 1.77. The SMILES string of the molecule is CC[C@H](C)[C@@H]([C@@H](CC(=O)OC(C)(C)C)OC)N(C)C(=O)[C@@H](NC(=O)OCC1c2ccccc2-c2ccccc21)C(C)(C)C. The number of alkyl carbamates (subject to hydrolysis) is 1. The van der Waals surface area contributed by atoms with Gasteiger partial charge < -0.3 is 24.4 Å². The van der Waals surface area contributed by atoms with Crippen LogP contribution in [0.1, 0.15) is 85.3 Å². The van der Waals surface area contributed by atoms with Gasteiger partial charge in [0.05, 0.1) is 18.6 Å². The number of carbonyl (C=O) groups is 3. The summed E-state index contributed by atoms with van der Waals surface area (Å²) < 4.78 is 17.1. The van der Waals surface area contributed by atoms with E-state index in [1.54, 1.807) is 19.1 Å². The van der Waals surface area contributed by atoms with Crippen LogP contribution in [0.2, 0.25) is 0 Å². The van der Waals surface area contributed by atoms with E-state index in [2.05, 4.69) is 29.6 Å². The summed E-state index contributed by atoms with van der Waals surface area (Å²) in [5.74, 6) is -0.749. The zero-order valence-corrected chi connectivity index (χ0v) is 27.5. The van der Waals surface area contributed by atoms with Crippen LogP contribution in [-0.2, 0) is 23.8 Å². The molecule has 236 valence electrons. The highest BCUT2D eigenvalue weighted by atomic mass is 16.6. The summed E-state index contributed by atoms with van der Waals surface area (Å²) in [6, 6.07) is 15.0. The molecule has 0 heterocycles. The Morgan fingerprint density at radius 2 is 1.47 bits per heavy atom. The summed E-state index contributed by atoms with van der Waals surface area (Å²) in [7, 11) is 3.25. The number of benzene rings is 2. The van der Waals surface area contributed by atoms with Gasteiger partial charge >= 0.3 is 12.1 Å². The Labute approximate surface area is 257 Å². The zero-order chi connectivity index (χ0) is 32.1. The number of methoxy groups -OCH3 is 1. The minimum atomic E-state index is -0.876. The Morgan fingerprint density at radius 1 is 0.930 bits per heavy atom. The standard InChI is InChI=1S/C35H50N2O6/c1-11-22(2)30(28(41-10)20-29(38)43-35(6,7)8)37(9)32(39)31(34(3,4)5)36-33(40)42-21-27-25-18-14-12-16-23(25)24-17-13-15-19-26(24)27/h12-19,22,27-28,30-31H,11,20-21H2,1-10H3,(H,36,40)/t22-,28+,30-,31+/m0/s1. The number of nitrogens with zero attached hydrogens (tertiary/aromatic N) is 1. The zero-order valence-electron chi connectivity index (χ0n) is 27.5. The molecule has 0 saturated heterocycles. The number of nitrogens with one attached hydrogen (secondary N) is 1. The van der Waals surface area contributed by atoms with E-state index in [4.69, 9.17) is 14.2 Å². The summed E-state index contributed by atoms with van der Waals surface area (Å²) in [6.07, 6.45) is -0.480. The maximum Gasteiger partial charge on any atom is 0.407 e. The maximum atomic E-state index is 14.1. The van der Waals surface area contributed by atoms with Crippen LogP contribution in [0.5, 0.6) is 0 Å². The normalized spacial score (nSPS) is 15.9. The van der Waals surface area contributed by atoms with Crippen molar-refractivity contribution in [2.75, 3.05) is 20.8 Å². The molecule has 2 aromatic carbocycles. The van der Waals surface area contributed by atoms with Crippen molar-refractivity contribution in [1.82, 2.24) is 10.2 Å². The van der Waals surface area contributed by atoms with Gasteiger partial charge in [-0.15, -0.1) is 0 Å². The van der Waals surface area contributed by atoms with E-state index in [0.29, 0.717) is 0 Å². The Bertz CT molecular complexity index is 1230. The molecule has 3 rings (SSSR count). The fourth-order valence-corrected chi connectivity index (χ4v) is 5.89. The van der Waals surface area contributed by atoms with Crippen LogP contribution in [0.15, 0.2) is 48.5 Å². The molecule has 0 radical (unpaired) electrons. The molecule has 0 spiro atoms. The van der Waals surface area contributed by atoms with Crippen molar-refractivity contribution in [1.29, 1.82) is 0 Å². The molecule has 0 aromatic heterocycles. The molecule has 43 heavy (non-hydrogen) atoms. The predicted octanol–water partition coefficient (Wildman–Crippen LogP) is 6.56. The number of ether oxygens (including phenoxy) is 3. The molecule has 1 N–H and O–H groups in total. The van der Waals surface area contributed by atoms with E-state index in [1.807, 2.05) is 79.7 Å². The molecule has 8 nitrogen and oxygen atoms in total. The summed E-state index contributed by atoms with van der Waals surface area (Å²) in [5.41, 5.74) is 3.27.